The number of aromatic nitrogens is 5. The van der Waals surface area contributed by atoms with Crippen LogP contribution in [0, 0.1) is 5.82 Å². The lowest BCUT2D eigenvalue weighted by molar-refractivity contribution is -0.746. The molecule has 5 rings (SSSR count). The van der Waals surface area contributed by atoms with Gasteiger partial charge in [0.05, 0.1) is 5.56 Å². The van der Waals surface area contributed by atoms with Crippen LogP contribution in [-0.2, 0) is 6.54 Å². The van der Waals surface area contributed by atoms with Crippen molar-refractivity contribution in [3.05, 3.63) is 78.6 Å². The Labute approximate surface area is 183 Å². The lowest BCUT2D eigenvalue weighted by Gasteiger charge is -2.08. The normalized spacial score (nSPS) is 11.8. The molecule has 0 atom stereocenters. The van der Waals surface area contributed by atoms with Gasteiger partial charge in [0.2, 0.25) is 18.5 Å². The Balaban J connectivity index is 1.34. The minimum absolute atomic E-state index is 0.242. The Morgan fingerprint density at radius 2 is 1.85 bits per heavy atom. The van der Waals surface area contributed by atoms with Crippen LogP contribution in [0.1, 0.15) is 5.76 Å². The number of halogens is 4. The maximum absolute atomic E-state index is 14.1. The largest absolute Gasteiger partial charge is 0.573 e. The Hall–Kier alpha value is -4.28. The molecule has 0 radical (unpaired) electrons. The van der Waals surface area contributed by atoms with E-state index in [1.54, 1.807) is 41.3 Å². The average molecular weight is 456 g/mol. The number of nitrogens with zero attached hydrogens (tertiary/aromatic N) is 4. The van der Waals surface area contributed by atoms with Crippen LogP contribution in [0.4, 0.5) is 17.6 Å². The molecule has 11 heteroatoms. The first-order valence-electron chi connectivity index (χ1n) is 9.66. The number of ether oxygens (including phenoxy) is 1. The predicted molar refractivity (Wildman–Crippen MR) is 107 cm³/mol. The molecule has 1 N–H and O–H groups in total. The van der Waals surface area contributed by atoms with Crippen LogP contribution in [0.5, 0.6) is 5.75 Å². The van der Waals surface area contributed by atoms with E-state index in [-0.39, 0.29) is 18.1 Å². The fourth-order valence-corrected chi connectivity index (χ4v) is 3.29. The van der Waals surface area contributed by atoms with E-state index < -0.39 is 6.36 Å². The maximum atomic E-state index is 14.1. The molecule has 0 saturated carbocycles. The van der Waals surface area contributed by atoms with Crippen LogP contribution in [0.25, 0.3) is 33.7 Å². The molecule has 0 aliphatic heterocycles. The first-order chi connectivity index (χ1) is 15.8. The molecule has 0 aliphatic rings. The van der Waals surface area contributed by atoms with E-state index in [0.717, 1.165) is 0 Å². The molecule has 0 spiro atoms. The fourth-order valence-electron chi connectivity index (χ4n) is 3.29. The van der Waals surface area contributed by atoms with E-state index in [1.807, 2.05) is 0 Å². The van der Waals surface area contributed by atoms with Gasteiger partial charge < -0.3 is 14.2 Å². The van der Waals surface area contributed by atoms with Gasteiger partial charge in [0, 0.05) is 11.6 Å². The molecule has 0 bridgehead atoms. The van der Waals surface area contributed by atoms with Crippen molar-refractivity contribution in [3.63, 3.8) is 0 Å². The second kappa shape index (κ2) is 8.01. The number of alkyl halides is 3. The van der Waals surface area contributed by atoms with Gasteiger partial charge in [-0.1, -0.05) is 22.0 Å². The summed E-state index contributed by atoms with van der Waals surface area (Å²) < 4.78 is 61.7. The van der Waals surface area contributed by atoms with Crippen molar-refractivity contribution in [1.82, 2.24) is 20.2 Å². The van der Waals surface area contributed by atoms with E-state index >= 15 is 0 Å². The lowest BCUT2D eigenvalue weighted by atomic mass is 10.1. The summed E-state index contributed by atoms with van der Waals surface area (Å²) in [5, 5.41) is 8.25. The molecule has 0 fully saturated rings. The second-order valence-corrected chi connectivity index (χ2v) is 7.09. The standard InChI is InChI=1S/C22H13F4N5O2/c23-17-4-2-1-3-16(17)21-28-19-10-27-31(12-20(19)29-21)11-15-9-18(30-33-15)13-5-7-14(8-6-13)32-22(24,25)26/h1-10,12H,11H2/p+1. The third kappa shape index (κ3) is 4.52. The zero-order valence-corrected chi connectivity index (χ0v) is 16.7. The van der Waals surface area contributed by atoms with E-state index in [9.17, 15) is 17.6 Å². The number of rotatable bonds is 5. The van der Waals surface area contributed by atoms with Crippen molar-refractivity contribution in [1.29, 1.82) is 0 Å². The summed E-state index contributed by atoms with van der Waals surface area (Å²) >= 11 is 0. The first-order valence-corrected chi connectivity index (χ1v) is 9.66. The molecule has 166 valence electrons. The summed E-state index contributed by atoms with van der Waals surface area (Å²) in [5.74, 6) is 0.163. The maximum Gasteiger partial charge on any atom is 0.573 e. The third-order valence-corrected chi connectivity index (χ3v) is 4.76. The summed E-state index contributed by atoms with van der Waals surface area (Å²) in [6.45, 7) is 0.242. The molecule has 33 heavy (non-hydrogen) atoms. The van der Waals surface area contributed by atoms with Crippen molar-refractivity contribution in [2.45, 2.75) is 12.9 Å². The summed E-state index contributed by atoms with van der Waals surface area (Å²) in [7, 11) is 0. The quantitative estimate of drug-likeness (QED) is 0.308. The van der Waals surface area contributed by atoms with Crippen molar-refractivity contribution >= 4 is 11.0 Å². The Morgan fingerprint density at radius 1 is 1.06 bits per heavy atom. The Morgan fingerprint density at radius 3 is 2.61 bits per heavy atom. The van der Waals surface area contributed by atoms with E-state index in [1.165, 1.54) is 30.3 Å². The molecule has 0 saturated heterocycles. The van der Waals surface area contributed by atoms with Crippen LogP contribution < -0.4 is 9.42 Å². The van der Waals surface area contributed by atoms with Gasteiger partial charge in [0.15, 0.2) is 0 Å². The SMILES string of the molecule is Fc1ccccc1-c1nc2cn[n+](Cc3cc(-c4ccc(OC(F)(F)F)cc4)no3)cc2[nH]1. The molecule has 3 aromatic heterocycles. The van der Waals surface area contributed by atoms with E-state index in [4.69, 9.17) is 4.52 Å². The van der Waals surface area contributed by atoms with Gasteiger partial charge in [0.25, 0.3) is 0 Å². The smallest absolute Gasteiger partial charge is 0.406 e. The van der Waals surface area contributed by atoms with Gasteiger partial charge in [-0.2, -0.15) is 0 Å². The summed E-state index contributed by atoms with van der Waals surface area (Å²) in [5.41, 5.74) is 2.60. The second-order valence-electron chi connectivity index (χ2n) is 7.09. The molecular formula is C22H14F4N5O2+. The summed E-state index contributed by atoms with van der Waals surface area (Å²) in [4.78, 5) is 7.46. The van der Waals surface area contributed by atoms with Gasteiger partial charge in [-0.15, -0.1) is 13.2 Å². The van der Waals surface area contributed by atoms with Crippen LogP contribution >= 0.6 is 0 Å². The number of imidazole rings is 1. The number of hydrogen-bond donors (Lipinski definition) is 1. The van der Waals surface area contributed by atoms with Gasteiger partial charge in [-0.25, -0.2) is 9.37 Å². The van der Waals surface area contributed by atoms with Crippen molar-refractivity contribution < 1.29 is 31.5 Å². The minimum Gasteiger partial charge on any atom is -0.406 e. The molecular weight excluding hydrogens is 442 g/mol. The van der Waals surface area contributed by atoms with E-state index in [2.05, 4.69) is 25.0 Å². The lowest BCUT2D eigenvalue weighted by Crippen LogP contribution is -2.37. The highest BCUT2D eigenvalue weighted by Gasteiger charge is 2.31. The number of hydrogen-bond acceptors (Lipinski definition) is 5. The van der Waals surface area contributed by atoms with Crippen molar-refractivity contribution in [2.75, 3.05) is 0 Å². The highest BCUT2D eigenvalue weighted by atomic mass is 19.4. The fraction of sp³-hybridized carbons (Fsp3) is 0.0909. The number of aromatic amines is 1. The van der Waals surface area contributed by atoms with Gasteiger partial charge >= 0.3 is 6.36 Å². The summed E-state index contributed by atoms with van der Waals surface area (Å²) in [6.07, 6.45) is -1.50. The number of H-pyrrole nitrogens is 1. The predicted octanol–water partition coefficient (Wildman–Crippen LogP) is 4.65. The van der Waals surface area contributed by atoms with Crippen LogP contribution in [-0.4, -0.2) is 26.6 Å². The first kappa shape index (κ1) is 20.6. The number of benzene rings is 2. The average Bonchev–Trinajstić information content (AvgIpc) is 3.40. The van der Waals surface area contributed by atoms with Gasteiger partial charge in [0.1, 0.15) is 40.3 Å². The summed E-state index contributed by atoms with van der Waals surface area (Å²) in [6, 6.07) is 13.3. The monoisotopic (exact) mass is 456 g/mol. The Bertz CT molecular complexity index is 1430. The Kier molecular flexibility index (Phi) is 5.00. The number of fused-ring (bicyclic) bond motifs is 1. The van der Waals surface area contributed by atoms with Crippen LogP contribution in [0.3, 0.4) is 0 Å². The highest BCUT2D eigenvalue weighted by Crippen LogP contribution is 2.26. The minimum atomic E-state index is -4.75. The molecule has 0 unspecified atom stereocenters. The van der Waals surface area contributed by atoms with Crippen molar-refractivity contribution in [2.24, 2.45) is 0 Å². The zero-order chi connectivity index (χ0) is 23.0. The molecule has 3 heterocycles. The topological polar surface area (TPSA) is 80.7 Å². The molecule has 7 nitrogen and oxygen atoms in total. The molecule has 0 amide bonds. The molecule has 2 aromatic carbocycles. The highest BCUT2D eigenvalue weighted by molar-refractivity contribution is 5.77. The van der Waals surface area contributed by atoms with Gasteiger partial charge in [-0.3, -0.25) is 0 Å². The third-order valence-electron chi connectivity index (χ3n) is 4.76. The zero-order valence-electron chi connectivity index (χ0n) is 16.7. The van der Waals surface area contributed by atoms with Gasteiger partial charge in [-0.05, 0) is 41.5 Å². The molecule has 5 aromatic rings. The van der Waals surface area contributed by atoms with Crippen molar-refractivity contribution in [3.8, 4) is 28.4 Å². The molecule has 0 aliphatic carbocycles. The van der Waals surface area contributed by atoms with Crippen LogP contribution in [0.15, 0.2) is 71.5 Å². The van der Waals surface area contributed by atoms with E-state index in [0.29, 0.717) is 39.4 Å². The number of nitrogens with one attached hydrogen (secondary N) is 1. The van der Waals surface area contributed by atoms with Crippen LogP contribution in [0.2, 0.25) is 0 Å².